The van der Waals surface area contributed by atoms with Crippen molar-refractivity contribution >= 4 is 15.7 Å². The van der Waals surface area contributed by atoms with Crippen LogP contribution in [0.2, 0.25) is 0 Å². The molecule has 0 amide bonds. The second-order valence-electron chi connectivity index (χ2n) is 5.80. The number of anilines is 1. The molecule has 3 N–H and O–H groups in total. The van der Waals surface area contributed by atoms with Crippen LogP contribution in [-0.2, 0) is 10.0 Å². The molecule has 0 aliphatic carbocycles. The zero-order valence-corrected chi connectivity index (χ0v) is 12.8. The minimum atomic E-state index is -3.70. The van der Waals surface area contributed by atoms with Gasteiger partial charge >= 0.3 is 0 Å². The van der Waals surface area contributed by atoms with Gasteiger partial charge in [-0.1, -0.05) is 26.0 Å². The van der Waals surface area contributed by atoms with Gasteiger partial charge in [0, 0.05) is 13.1 Å². The fourth-order valence-corrected chi connectivity index (χ4v) is 2.82. The van der Waals surface area contributed by atoms with E-state index >= 15 is 0 Å². The molecule has 0 unspecified atom stereocenters. The van der Waals surface area contributed by atoms with E-state index in [1.807, 2.05) is 14.1 Å². The van der Waals surface area contributed by atoms with Crippen molar-refractivity contribution in [3.63, 3.8) is 0 Å². The molecule has 19 heavy (non-hydrogen) atoms. The Hall–Kier alpha value is -1.11. The molecular formula is C13H23N3O2S. The third-order valence-corrected chi connectivity index (χ3v) is 3.66. The van der Waals surface area contributed by atoms with Crippen LogP contribution in [0.1, 0.15) is 13.8 Å². The number of hydrogen-bond donors (Lipinski definition) is 2. The van der Waals surface area contributed by atoms with Crippen molar-refractivity contribution in [1.82, 2.24) is 4.90 Å². The van der Waals surface area contributed by atoms with Crippen LogP contribution in [0.3, 0.4) is 0 Å². The maximum atomic E-state index is 11.5. The predicted octanol–water partition coefficient (Wildman–Crippen LogP) is 1.33. The summed E-state index contributed by atoms with van der Waals surface area (Å²) < 4.78 is 23.0. The van der Waals surface area contributed by atoms with Gasteiger partial charge in [-0.2, -0.15) is 0 Å². The number of primary sulfonamides is 1. The van der Waals surface area contributed by atoms with Crippen LogP contribution < -0.4 is 10.5 Å². The fraction of sp³-hybridized carbons (Fsp3) is 0.538. The van der Waals surface area contributed by atoms with Gasteiger partial charge < -0.3 is 10.2 Å². The quantitative estimate of drug-likeness (QED) is 0.827. The lowest BCUT2D eigenvalue weighted by atomic mass is 9.93. The zero-order chi connectivity index (χ0) is 14.7. The molecule has 0 aromatic heterocycles. The van der Waals surface area contributed by atoms with Gasteiger partial charge in [-0.05, 0) is 31.6 Å². The van der Waals surface area contributed by atoms with E-state index in [4.69, 9.17) is 5.14 Å². The van der Waals surface area contributed by atoms with E-state index < -0.39 is 10.0 Å². The molecule has 0 radical (unpaired) electrons. The van der Waals surface area contributed by atoms with Crippen molar-refractivity contribution in [3.8, 4) is 0 Å². The molecular weight excluding hydrogens is 262 g/mol. The molecule has 0 saturated heterocycles. The van der Waals surface area contributed by atoms with Crippen LogP contribution in [0.25, 0.3) is 0 Å². The SMILES string of the molecule is CN(C)CC(C)(C)CNc1ccccc1S(N)(=O)=O. The first-order valence-electron chi connectivity index (χ1n) is 6.12. The largest absolute Gasteiger partial charge is 0.383 e. The Balaban J connectivity index is 2.85. The van der Waals surface area contributed by atoms with Gasteiger partial charge in [-0.15, -0.1) is 0 Å². The number of rotatable bonds is 6. The summed E-state index contributed by atoms with van der Waals surface area (Å²) in [4.78, 5) is 2.24. The lowest BCUT2D eigenvalue weighted by molar-refractivity contribution is 0.254. The Kier molecular flexibility index (Phi) is 4.95. The Labute approximate surface area is 115 Å². The lowest BCUT2D eigenvalue weighted by Gasteiger charge is -2.29. The summed E-state index contributed by atoms with van der Waals surface area (Å²) in [7, 11) is 0.331. The van der Waals surface area contributed by atoms with E-state index in [0.29, 0.717) is 12.2 Å². The van der Waals surface area contributed by atoms with Crippen LogP contribution in [0.4, 0.5) is 5.69 Å². The monoisotopic (exact) mass is 285 g/mol. The summed E-state index contributed by atoms with van der Waals surface area (Å²) in [5.41, 5.74) is 0.575. The van der Waals surface area contributed by atoms with Crippen molar-refractivity contribution in [2.75, 3.05) is 32.5 Å². The molecule has 0 fully saturated rings. The highest BCUT2D eigenvalue weighted by Gasteiger charge is 2.20. The van der Waals surface area contributed by atoms with Crippen molar-refractivity contribution in [2.24, 2.45) is 10.6 Å². The van der Waals surface area contributed by atoms with Gasteiger partial charge in [0.05, 0.1) is 5.69 Å². The van der Waals surface area contributed by atoms with Crippen LogP contribution in [-0.4, -0.2) is 40.5 Å². The Morgan fingerprint density at radius 2 is 1.84 bits per heavy atom. The fourth-order valence-electron chi connectivity index (χ4n) is 2.11. The molecule has 1 aromatic rings. The van der Waals surface area contributed by atoms with Crippen LogP contribution >= 0.6 is 0 Å². The summed E-state index contributed by atoms with van der Waals surface area (Å²) >= 11 is 0. The Morgan fingerprint density at radius 1 is 1.26 bits per heavy atom. The molecule has 1 aromatic carbocycles. The smallest absolute Gasteiger partial charge is 0.240 e. The topological polar surface area (TPSA) is 75.4 Å². The molecule has 108 valence electrons. The van der Waals surface area contributed by atoms with Crippen LogP contribution in [0.15, 0.2) is 29.2 Å². The van der Waals surface area contributed by atoms with E-state index in [0.717, 1.165) is 6.54 Å². The second kappa shape index (κ2) is 5.90. The van der Waals surface area contributed by atoms with Crippen LogP contribution in [0.5, 0.6) is 0 Å². The lowest BCUT2D eigenvalue weighted by Crippen LogP contribution is -2.34. The second-order valence-corrected chi connectivity index (χ2v) is 7.33. The minimum absolute atomic E-state index is 0.0228. The third kappa shape index (κ3) is 5.18. The first-order valence-corrected chi connectivity index (χ1v) is 7.67. The average Bonchev–Trinajstić information content (AvgIpc) is 2.24. The van der Waals surface area contributed by atoms with E-state index in [9.17, 15) is 8.42 Å². The Bertz CT molecular complexity index is 524. The number of para-hydroxylation sites is 1. The minimum Gasteiger partial charge on any atom is -0.383 e. The number of nitrogens with two attached hydrogens (primary N) is 1. The molecule has 0 spiro atoms. The first-order chi connectivity index (χ1) is 8.62. The molecule has 6 heteroatoms. The van der Waals surface area contributed by atoms with Gasteiger partial charge in [-0.3, -0.25) is 0 Å². The number of sulfonamides is 1. The first kappa shape index (κ1) is 15.9. The molecule has 0 atom stereocenters. The van der Waals surface area contributed by atoms with Crippen molar-refractivity contribution < 1.29 is 8.42 Å². The predicted molar refractivity (Wildman–Crippen MR) is 78.6 cm³/mol. The van der Waals surface area contributed by atoms with Gasteiger partial charge in [-0.25, -0.2) is 13.6 Å². The molecule has 0 bridgehead atoms. The maximum Gasteiger partial charge on any atom is 0.240 e. The maximum absolute atomic E-state index is 11.5. The highest BCUT2D eigenvalue weighted by molar-refractivity contribution is 7.89. The number of hydrogen-bond acceptors (Lipinski definition) is 4. The van der Waals surface area contributed by atoms with Crippen molar-refractivity contribution in [1.29, 1.82) is 0 Å². The summed E-state index contributed by atoms with van der Waals surface area (Å²) in [6.45, 7) is 5.81. The summed E-state index contributed by atoms with van der Waals surface area (Å²) in [6.07, 6.45) is 0. The molecule has 0 aliphatic heterocycles. The third-order valence-electron chi connectivity index (χ3n) is 2.70. The van der Waals surface area contributed by atoms with Gasteiger partial charge in [0.15, 0.2) is 0 Å². The van der Waals surface area contributed by atoms with Gasteiger partial charge in [0.25, 0.3) is 0 Å². The summed E-state index contributed by atoms with van der Waals surface area (Å²) in [6, 6.07) is 6.69. The van der Waals surface area contributed by atoms with Crippen molar-refractivity contribution in [3.05, 3.63) is 24.3 Å². The summed E-state index contributed by atoms with van der Waals surface area (Å²) in [5, 5.41) is 8.38. The zero-order valence-electron chi connectivity index (χ0n) is 12.0. The standard InChI is InChI=1S/C13H23N3O2S/c1-13(2,10-16(3)4)9-15-11-7-5-6-8-12(11)19(14,17)18/h5-8,15H,9-10H2,1-4H3,(H2,14,17,18). The highest BCUT2D eigenvalue weighted by Crippen LogP contribution is 2.22. The van der Waals surface area contributed by atoms with E-state index in [-0.39, 0.29) is 10.3 Å². The highest BCUT2D eigenvalue weighted by atomic mass is 32.2. The van der Waals surface area contributed by atoms with E-state index in [1.165, 1.54) is 6.07 Å². The molecule has 0 heterocycles. The number of nitrogens with zero attached hydrogens (tertiary/aromatic N) is 1. The number of nitrogens with one attached hydrogen (secondary N) is 1. The Morgan fingerprint density at radius 3 is 2.37 bits per heavy atom. The average molecular weight is 285 g/mol. The molecule has 5 nitrogen and oxygen atoms in total. The normalized spacial score (nSPS) is 12.7. The van der Waals surface area contributed by atoms with Gasteiger partial charge in [0.2, 0.25) is 10.0 Å². The molecule has 0 aliphatic rings. The van der Waals surface area contributed by atoms with Gasteiger partial charge in [0.1, 0.15) is 4.90 Å². The van der Waals surface area contributed by atoms with E-state index in [2.05, 4.69) is 24.1 Å². The summed E-state index contributed by atoms with van der Waals surface area (Å²) in [5.74, 6) is 0. The molecule has 0 saturated carbocycles. The van der Waals surface area contributed by atoms with Crippen molar-refractivity contribution in [2.45, 2.75) is 18.7 Å². The van der Waals surface area contributed by atoms with Crippen LogP contribution in [0, 0.1) is 5.41 Å². The molecule has 1 rings (SSSR count). The number of benzene rings is 1. The van der Waals surface area contributed by atoms with E-state index in [1.54, 1.807) is 18.2 Å².